The molecule has 0 radical (unpaired) electrons. The van der Waals surface area contributed by atoms with Gasteiger partial charge in [-0.2, -0.15) is 5.26 Å². The van der Waals surface area contributed by atoms with Crippen LogP contribution in [0.4, 0.5) is 0 Å². The lowest BCUT2D eigenvalue weighted by Gasteiger charge is -2.09. The van der Waals surface area contributed by atoms with Crippen molar-refractivity contribution in [3.05, 3.63) is 51.9 Å². The van der Waals surface area contributed by atoms with Gasteiger partial charge in [-0.05, 0) is 53.5 Å². The van der Waals surface area contributed by atoms with E-state index >= 15 is 0 Å². The number of rotatable bonds is 3. The van der Waals surface area contributed by atoms with Gasteiger partial charge in [-0.25, -0.2) is 0 Å². The maximum atomic E-state index is 11.6. The lowest BCUT2D eigenvalue weighted by molar-refractivity contribution is 0.601. The smallest absolute Gasteiger partial charge is 0.266 e. The molecule has 4 nitrogen and oxygen atoms in total. The maximum absolute atomic E-state index is 11.6. The van der Waals surface area contributed by atoms with Gasteiger partial charge in [-0.3, -0.25) is 4.79 Å². The number of aromatic amines is 1. The van der Waals surface area contributed by atoms with Gasteiger partial charge in [0.25, 0.3) is 5.56 Å². The van der Waals surface area contributed by atoms with Crippen LogP contribution in [0.5, 0.6) is 0 Å². The molecule has 20 heavy (non-hydrogen) atoms. The van der Waals surface area contributed by atoms with Crippen molar-refractivity contribution in [3.8, 4) is 17.2 Å². The Labute approximate surface area is 120 Å². The summed E-state index contributed by atoms with van der Waals surface area (Å²) in [6.07, 6.45) is 2.29. The van der Waals surface area contributed by atoms with E-state index in [1.807, 2.05) is 25.1 Å². The third kappa shape index (κ3) is 2.77. The summed E-state index contributed by atoms with van der Waals surface area (Å²) < 4.78 is 11.4. The van der Waals surface area contributed by atoms with Crippen molar-refractivity contribution in [2.75, 3.05) is 6.26 Å². The highest BCUT2D eigenvalue weighted by atomic mass is 32.2. The zero-order valence-electron chi connectivity index (χ0n) is 11.3. The van der Waals surface area contributed by atoms with Gasteiger partial charge >= 0.3 is 0 Å². The van der Waals surface area contributed by atoms with Gasteiger partial charge in [0.05, 0.1) is 0 Å². The Hall–Kier alpha value is -2.03. The minimum Gasteiger partial charge on any atom is -0.612 e. The summed E-state index contributed by atoms with van der Waals surface area (Å²) in [5.74, 6) is 0. The molecule has 1 aromatic heterocycles. The molecule has 1 N–H and O–H groups in total. The van der Waals surface area contributed by atoms with Crippen LogP contribution in [-0.2, 0) is 17.6 Å². The minimum absolute atomic E-state index is 0.0975. The van der Waals surface area contributed by atoms with Gasteiger partial charge in [-0.1, -0.05) is 6.92 Å². The summed E-state index contributed by atoms with van der Waals surface area (Å²) in [5, 5.41) is 8.96. The van der Waals surface area contributed by atoms with Gasteiger partial charge in [0.2, 0.25) is 0 Å². The SMILES string of the molecule is CCc1[nH]c(=O)c(C#N)cc1-c1ccc([S+](C)[O-])cc1. The number of aryl methyl sites for hydroxylation is 1. The predicted molar refractivity (Wildman–Crippen MR) is 78.9 cm³/mol. The standard InChI is InChI=1S/C15H14N2O2S/c1-3-14-13(8-11(9-16)15(18)17-14)10-4-6-12(7-5-10)20(2)19/h4-8H,3H2,1-2H3,(H,17,18). The summed E-state index contributed by atoms with van der Waals surface area (Å²) in [5.41, 5.74) is 2.25. The predicted octanol–water partition coefficient (Wildman–Crippen LogP) is 2.21. The molecule has 5 heteroatoms. The molecule has 1 aromatic carbocycles. The quantitative estimate of drug-likeness (QED) is 0.878. The second kappa shape index (κ2) is 5.95. The Bertz CT molecular complexity index is 712. The average Bonchev–Trinajstić information content (AvgIpc) is 2.47. The van der Waals surface area contributed by atoms with E-state index in [1.165, 1.54) is 0 Å². The molecule has 1 heterocycles. The van der Waals surface area contributed by atoms with Crippen LogP contribution in [0.15, 0.2) is 40.0 Å². The number of hydrogen-bond acceptors (Lipinski definition) is 3. The topological polar surface area (TPSA) is 79.7 Å². The van der Waals surface area contributed by atoms with E-state index in [1.54, 1.807) is 24.5 Å². The number of benzene rings is 1. The fourth-order valence-electron chi connectivity index (χ4n) is 2.01. The van der Waals surface area contributed by atoms with Crippen molar-refractivity contribution < 1.29 is 4.55 Å². The van der Waals surface area contributed by atoms with Crippen molar-refractivity contribution in [1.82, 2.24) is 4.98 Å². The molecule has 2 rings (SSSR count). The number of nitrogens with one attached hydrogen (secondary N) is 1. The third-order valence-electron chi connectivity index (χ3n) is 3.09. The molecule has 1 unspecified atom stereocenters. The fraction of sp³-hybridized carbons (Fsp3) is 0.200. The van der Waals surface area contributed by atoms with Crippen molar-refractivity contribution in [2.24, 2.45) is 0 Å². The first-order valence-corrected chi connectivity index (χ1v) is 7.72. The van der Waals surface area contributed by atoms with E-state index in [2.05, 4.69) is 4.98 Å². The van der Waals surface area contributed by atoms with Crippen LogP contribution >= 0.6 is 0 Å². The van der Waals surface area contributed by atoms with Crippen molar-refractivity contribution in [3.63, 3.8) is 0 Å². The summed E-state index contributed by atoms with van der Waals surface area (Å²) in [4.78, 5) is 15.1. The highest BCUT2D eigenvalue weighted by Crippen LogP contribution is 2.24. The summed E-state index contributed by atoms with van der Waals surface area (Å²) in [7, 11) is 0. The molecule has 0 fully saturated rings. The largest absolute Gasteiger partial charge is 0.612 e. The van der Waals surface area contributed by atoms with Crippen LogP contribution in [-0.4, -0.2) is 15.8 Å². The van der Waals surface area contributed by atoms with Gasteiger partial charge in [-0.15, -0.1) is 0 Å². The van der Waals surface area contributed by atoms with Gasteiger partial charge in [0.1, 0.15) is 17.9 Å². The van der Waals surface area contributed by atoms with Crippen LogP contribution in [0, 0.1) is 11.3 Å². The molecular formula is C15H14N2O2S. The number of pyridine rings is 1. The number of hydrogen-bond donors (Lipinski definition) is 1. The van der Waals surface area contributed by atoms with Gasteiger partial charge in [0, 0.05) is 11.3 Å². The lowest BCUT2D eigenvalue weighted by atomic mass is 10.0. The number of aromatic nitrogens is 1. The van der Waals surface area contributed by atoms with E-state index in [0.29, 0.717) is 6.42 Å². The normalized spacial score (nSPS) is 11.9. The molecule has 2 aromatic rings. The average molecular weight is 286 g/mol. The van der Waals surface area contributed by atoms with Crippen molar-refractivity contribution >= 4 is 11.2 Å². The minimum atomic E-state index is -1.02. The lowest BCUT2D eigenvalue weighted by Crippen LogP contribution is -2.13. The summed E-state index contributed by atoms with van der Waals surface area (Å²) in [6.45, 7) is 1.94. The van der Waals surface area contributed by atoms with E-state index in [4.69, 9.17) is 5.26 Å². The van der Waals surface area contributed by atoms with Crippen LogP contribution in [0.3, 0.4) is 0 Å². The highest BCUT2D eigenvalue weighted by Gasteiger charge is 2.10. The second-order valence-electron chi connectivity index (χ2n) is 4.35. The molecule has 0 saturated heterocycles. The van der Waals surface area contributed by atoms with Crippen LogP contribution < -0.4 is 5.56 Å². The van der Waals surface area contributed by atoms with E-state index in [9.17, 15) is 9.35 Å². The molecule has 0 amide bonds. The highest BCUT2D eigenvalue weighted by molar-refractivity contribution is 7.90. The summed E-state index contributed by atoms with van der Waals surface area (Å²) >= 11 is -1.02. The van der Waals surface area contributed by atoms with Crippen molar-refractivity contribution in [1.29, 1.82) is 5.26 Å². The summed E-state index contributed by atoms with van der Waals surface area (Å²) in [6, 6.07) is 10.8. The fourth-order valence-corrected chi connectivity index (χ4v) is 2.53. The number of nitrogens with zero attached hydrogens (tertiary/aromatic N) is 1. The van der Waals surface area contributed by atoms with E-state index < -0.39 is 11.2 Å². The third-order valence-corrected chi connectivity index (χ3v) is 4.03. The molecule has 0 spiro atoms. The Balaban J connectivity index is 2.56. The molecule has 0 aliphatic rings. The molecule has 0 aliphatic carbocycles. The first kappa shape index (κ1) is 14.4. The van der Waals surface area contributed by atoms with Crippen LogP contribution in [0.2, 0.25) is 0 Å². The second-order valence-corrected chi connectivity index (χ2v) is 5.73. The molecular weight excluding hydrogens is 272 g/mol. The molecule has 102 valence electrons. The van der Waals surface area contributed by atoms with Crippen LogP contribution in [0.1, 0.15) is 18.2 Å². The number of H-pyrrole nitrogens is 1. The maximum Gasteiger partial charge on any atom is 0.266 e. The van der Waals surface area contributed by atoms with Crippen molar-refractivity contribution in [2.45, 2.75) is 18.2 Å². The Kier molecular flexibility index (Phi) is 4.28. The first-order valence-electron chi connectivity index (χ1n) is 6.17. The number of nitriles is 1. The Morgan fingerprint density at radius 2 is 2.00 bits per heavy atom. The van der Waals surface area contributed by atoms with E-state index in [0.717, 1.165) is 21.7 Å². The molecule has 1 atom stereocenters. The van der Waals surface area contributed by atoms with Gasteiger partial charge < -0.3 is 9.54 Å². The van der Waals surface area contributed by atoms with E-state index in [-0.39, 0.29) is 11.1 Å². The molecule has 0 aliphatic heterocycles. The molecule has 0 bridgehead atoms. The monoisotopic (exact) mass is 286 g/mol. The Morgan fingerprint density at radius 3 is 2.50 bits per heavy atom. The zero-order valence-corrected chi connectivity index (χ0v) is 12.1. The van der Waals surface area contributed by atoms with Gasteiger partial charge in [0.15, 0.2) is 4.90 Å². The Morgan fingerprint density at radius 1 is 1.35 bits per heavy atom. The first-order chi connectivity index (χ1) is 9.56. The molecule has 0 saturated carbocycles. The zero-order chi connectivity index (χ0) is 14.7. The van der Waals surface area contributed by atoms with Crippen LogP contribution in [0.25, 0.3) is 11.1 Å².